The fraction of sp³-hybridized carbons (Fsp3) is 0.231. The number of hydrogen-bond donors (Lipinski definition) is 2. The number of hydrogen-bond acceptors (Lipinski definition) is 3. The van der Waals surface area contributed by atoms with Crippen molar-refractivity contribution in [1.29, 1.82) is 0 Å². The van der Waals surface area contributed by atoms with E-state index < -0.39 is 23.1 Å². The zero-order chi connectivity index (χ0) is 14.7. The molecule has 0 saturated carbocycles. The third kappa shape index (κ3) is 3.08. The lowest BCUT2D eigenvalue weighted by molar-refractivity contribution is -0.134. The van der Waals surface area contributed by atoms with Crippen molar-refractivity contribution in [1.82, 2.24) is 0 Å². The lowest BCUT2D eigenvalue weighted by Crippen LogP contribution is -2.12. The van der Waals surface area contributed by atoms with E-state index in [2.05, 4.69) is 0 Å². The average Bonchev–Trinajstić information content (AvgIpc) is 2.28. The molecule has 0 aliphatic carbocycles. The summed E-state index contributed by atoms with van der Waals surface area (Å²) < 4.78 is 0. The number of carbonyl (C=O) groups excluding carboxylic acids is 1. The molecule has 0 aliphatic heterocycles. The summed E-state index contributed by atoms with van der Waals surface area (Å²) in [6.45, 7) is 2.88. The van der Waals surface area contributed by atoms with Crippen LogP contribution in [0.1, 0.15) is 25.0 Å². The fourth-order valence-corrected chi connectivity index (χ4v) is 2.39. The van der Waals surface area contributed by atoms with Crippen molar-refractivity contribution in [3.05, 3.63) is 38.9 Å². The van der Waals surface area contributed by atoms with Crippen LogP contribution in [0.2, 0.25) is 10.0 Å². The molecule has 0 aromatic heterocycles. The van der Waals surface area contributed by atoms with E-state index >= 15 is 0 Å². The maximum atomic E-state index is 11.3. The van der Waals surface area contributed by atoms with Gasteiger partial charge in [0.05, 0.1) is 5.02 Å². The minimum absolute atomic E-state index is 0.0792. The zero-order valence-electron chi connectivity index (χ0n) is 10.3. The first-order valence-corrected chi connectivity index (χ1v) is 6.21. The maximum Gasteiger partial charge on any atom is 0.343 e. The fourth-order valence-electron chi connectivity index (χ4n) is 1.66. The van der Waals surface area contributed by atoms with Crippen molar-refractivity contribution in [2.75, 3.05) is 0 Å². The molecule has 19 heavy (non-hydrogen) atoms. The number of rotatable bonds is 4. The van der Waals surface area contributed by atoms with Crippen molar-refractivity contribution in [2.45, 2.75) is 20.3 Å². The summed E-state index contributed by atoms with van der Waals surface area (Å²) in [5.74, 6) is -2.92. The molecule has 1 aromatic rings. The van der Waals surface area contributed by atoms with Crippen LogP contribution in [0.3, 0.4) is 0 Å². The van der Waals surface area contributed by atoms with Crippen LogP contribution in [-0.4, -0.2) is 22.0 Å². The Morgan fingerprint density at radius 1 is 1.21 bits per heavy atom. The molecule has 6 heteroatoms. The average molecular weight is 303 g/mol. The van der Waals surface area contributed by atoms with E-state index in [4.69, 9.17) is 28.3 Å². The first-order chi connectivity index (χ1) is 8.81. The minimum Gasteiger partial charge on any atom is -0.506 e. The van der Waals surface area contributed by atoms with Crippen LogP contribution in [0.4, 0.5) is 0 Å². The molecule has 0 bridgehead atoms. The molecular weight excluding hydrogens is 291 g/mol. The van der Waals surface area contributed by atoms with Crippen LogP contribution in [0.15, 0.2) is 17.7 Å². The Hall–Kier alpha value is -1.52. The van der Waals surface area contributed by atoms with Crippen LogP contribution in [0.25, 0.3) is 5.76 Å². The van der Waals surface area contributed by atoms with Gasteiger partial charge < -0.3 is 10.2 Å². The van der Waals surface area contributed by atoms with E-state index in [0.29, 0.717) is 17.0 Å². The molecular formula is C13H12Cl2O4. The molecule has 1 rings (SSSR count). The van der Waals surface area contributed by atoms with Crippen molar-refractivity contribution in [3.63, 3.8) is 0 Å². The molecule has 102 valence electrons. The summed E-state index contributed by atoms with van der Waals surface area (Å²) in [5.41, 5.74) is -0.0394. The van der Waals surface area contributed by atoms with Gasteiger partial charge in [-0.1, -0.05) is 30.1 Å². The molecule has 4 nitrogen and oxygen atoms in total. The highest BCUT2D eigenvalue weighted by molar-refractivity contribution is 6.37. The van der Waals surface area contributed by atoms with Gasteiger partial charge in [-0.25, -0.2) is 4.79 Å². The second-order valence-corrected chi connectivity index (χ2v) is 4.61. The smallest absolute Gasteiger partial charge is 0.343 e. The highest BCUT2D eigenvalue weighted by atomic mass is 35.5. The SMILES string of the molecule is CCc1c(Cl)ccc(C(O)=C(C(C)=O)C(=O)O)c1Cl. The summed E-state index contributed by atoms with van der Waals surface area (Å²) in [4.78, 5) is 22.2. The van der Waals surface area contributed by atoms with Crippen molar-refractivity contribution in [2.24, 2.45) is 0 Å². The molecule has 0 heterocycles. The number of Topliss-reactive ketones (excluding diaryl/α,β-unsaturated/α-hetero) is 1. The van der Waals surface area contributed by atoms with Crippen molar-refractivity contribution >= 4 is 40.7 Å². The first kappa shape index (κ1) is 15.5. The second-order valence-electron chi connectivity index (χ2n) is 3.83. The summed E-state index contributed by atoms with van der Waals surface area (Å²) in [5, 5.41) is 19.5. The molecule has 2 N–H and O–H groups in total. The Balaban J connectivity index is 3.58. The van der Waals surface area contributed by atoms with E-state index in [1.807, 2.05) is 6.92 Å². The molecule has 0 atom stereocenters. The normalized spacial score (nSPS) is 12.0. The Morgan fingerprint density at radius 3 is 2.21 bits per heavy atom. The molecule has 0 radical (unpaired) electrons. The lowest BCUT2D eigenvalue weighted by Gasteiger charge is -2.11. The Kier molecular flexibility index (Phi) is 4.97. The van der Waals surface area contributed by atoms with E-state index in [9.17, 15) is 14.7 Å². The molecule has 0 aliphatic rings. The van der Waals surface area contributed by atoms with Gasteiger partial charge in [-0.2, -0.15) is 0 Å². The van der Waals surface area contributed by atoms with E-state index in [-0.39, 0.29) is 10.6 Å². The van der Waals surface area contributed by atoms with E-state index in [0.717, 1.165) is 6.92 Å². The van der Waals surface area contributed by atoms with Crippen LogP contribution < -0.4 is 0 Å². The molecule has 0 unspecified atom stereocenters. The summed E-state index contributed by atoms with van der Waals surface area (Å²) >= 11 is 12.0. The summed E-state index contributed by atoms with van der Waals surface area (Å²) in [6.07, 6.45) is 0.515. The molecule has 0 fully saturated rings. The number of carboxylic acid groups (broad SMARTS) is 1. The molecule has 0 amide bonds. The minimum atomic E-state index is -1.51. The van der Waals surface area contributed by atoms with Crippen LogP contribution in [0.5, 0.6) is 0 Å². The van der Waals surface area contributed by atoms with Gasteiger partial charge in [0.1, 0.15) is 11.3 Å². The molecule has 0 saturated heterocycles. The summed E-state index contributed by atoms with van der Waals surface area (Å²) in [7, 11) is 0. The van der Waals surface area contributed by atoms with Gasteiger partial charge in [0.15, 0.2) is 5.78 Å². The number of aliphatic carboxylic acids is 1. The van der Waals surface area contributed by atoms with Crippen molar-refractivity contribution in [3.8, 4) is 0 Å². The Morgan fingerprint density at radius 2 is 1.79 bits per heavy atom. The predicted molar refractivity (Wildman–Crippen MR) is 73.7 cm³/mol. The van der Waals surface area contributed by atoms with Gasteiger partial charge in [0, 0.05) is 10.6 Å². The van der Waals surface area contributed by atoms with Crippen LogP contribution in [-0.2, 0) is 16.0 Å². The predicted octanol–water partition coefficient (Wildman–Crippen LogP) is 3.50. The summed E-state index contributed by atoms with van der Waals surface area (Å²) in [6, 6.07) is 2.88. The molecule has 0 spiro atoms. The zero-order valence-corrected chi connectivity index (χ0v) is 11.8. The number of carbonyl (C=O) groups is 2. The van der Waals surface area contributed by atoms with E-state index in [1.165, 1.54) is 12.1 Å². The largest absolute Gasteiger partial charge is 0.506 e. The third-order valence-corrected chi connectivity index (χ3v) is 3.38. The molecule has 1 aromatic carbocycles. The van der Waals surface area contributed by atoms with Gasteiger partial charge in [-0.3, -0.25) is 4.79 Å². The highest BCUT2D eigenvalue weighted by Gasteiger charge is 2.23. The topological polar surface area (TPSA) is 74.6 Å². The van der Waals surface area contributed by atoms with Crippen LogP contribution in [0, 0.1) is 0 Å². The Bertz CT molecular complexity index is 560. The number of carboxylic acids is 1. The van der Waals surface area contributed by atoms with Crippen LogP contribution >= 0.6 is 23.2 Å². The number of aliphatic hydroxyl groups is 1. The third-order valence-electron chi connectivity index (χ3n) is 2.60. The number of ketones is 1. The quantitative estimate of drug-likeness (QED) is 0.386. The van der Waals surface area contributed by atoms with Gasteiger partial charge in [-0.15, -0.1) is 0 Å². The second kappa shape index (κ2) is 6.08. The lowest BCUT2D eigenvalue weighted by atomic mass is 10.0. The maximum absolute atomic E-state index is 11.3. The van der Waals surface area contributed by atoms with Gasteiger partial charge in [0.2, 0.25) is 0 Å². The van der Waals surface area contributed by atoms with Gasteiger partial charge >= 0.3 is 5.97 Å². The van der Waals surface area contributed by atoms with E-state index in [1.54, 1.807) is 0 Å². The monoisotopic (exact) mass is 302 g/mol. The van der Waals surface area contributed by atoms with Gasteiger partial charge in [0.25, 0.3) is 0 Å². The highest BCUT2D eigenvalue weighted by Crippen LogP contribution is 2.33. The number of halogens is 2. The number of benzene rings is 1. The first-order valence-electron chi connectivity index (χ1n) is 5.45. The van der Waals surface area contributed by atoms with Crippen molar-refractivity contribution < 1.29 is 19.8 Å². The standard InChI is InChI=1S/C13H12Cl2O4/c1-3-7-9(14)5-4-8(11(7)15)12(17)10(6(2)16)13(18)19/h4-5,17H,3H2,1-2H3,(H,18,19). The van der Waals surface area contributed by atoms with Gasteiger partial charge in [-0.05, 0) is 31.0 Å². The Labute approximate surface area is 120 Å². The number of aliphatic hydroxyl groups excluding tert-OH is 1.